The SMILES string of the molecule is N#Cc1ccc(S(=O)(=O)Cl)c(S)c1OC(F)(F)F. The molecule has 10 heteroatoms. The lowest BCUT2D eigenvalue weighted by atomic mass is 10.2. The molecule has 0 saturated heterocycles. The second-order valence-corrected chi connectivity index (χ2v) is 5.87. The Bertz CT molecular complexity index is 622. The summed E-state index contributed by atoms with van der Waals surface area (Å²) in [5.74, 6) is -1.00. The van der Waals surface area contributed by atoms with Gasteiger partial charge < -0.3 is 4.74 Å². The lowest BCUT2D eigenvalue weighted by Crippen LogP contribution is -2.18. The molecule has 0 atom stereocenters. The molecule has 0 radical (unpaired) electrons. The summed E-state index contributed by atoms with van der Waals surface area (Å²) in [6, 6.07) is 3.14. The van der Waals surface area contributed by atoms with Crippen LogP contribution in [0.5, 0.6) is 5.75 Å². The van der Waals surface area contributed by atoms with Crippen LogP contribution in [0.4, 0.5) is 13.2 Å². The Kier molecular flexibility index (Phi) is 4.05. The van der Waals surface area contributed by atoms with Crippen LogP contribution < -0.4 is 4.74 Å². The molecule has 0 bridgehead atoms. The predicted molar refractivity (Wildman–Crippen MR) is 58.1 cm³/mol. The first kappa shape index (κ1) is 14.9. The van der Waals surface area contributed by atoms with Gasteiger partial charge in [-0.05, 0) is 12.1 Å². The summed E-state index contributed by atoms with van der Waals surface area (Å²) >= 11 is 3.60. The van der Waals surface area contributed by atoms with Crippen molar-refractivity contribution in [2.75, 3.05) is 0 Å². The van der Waals surface area contributed by atoms with E-state index in [0.29, 0.717) is 0 Å². The highest BCUT2D eigenvalue weighted by Gasteiger charge is 2.34. The van der Waals surface area contributed by atoms with Gasteiger partial charge in [-0.3, -0.25) is 0 Å². The third-order valence-electron chi connectivity index (χ3n) is 1.70. The maximum atomic E-state index is 12.1. The number of nitrogens with zero attached hydrogens (tertiary/aromatic N) is 1. The minimum absolute atomic E-state index is 0.513. The van der Waals surface area contributed by atoms with Crippen LogP contribution in [-0.4, -0.2) is 14.8 Å². The first-order chi connectivity index (χ1) is 8.06. The number of rotatable bonds is 2. The van der Waals surface area contributed by atoms with Gasteiger partial charge in [0.2, 0.25) is 0 Å². The first-order valence-electron chi connectivity index (χ1n) is 4.02. The summed E-state index contributed by atoms with van der Waals surface area (Å²) in [6.45, 7) is 0. The van der Waals surface area contributed by atoms with Gasteiger partial charge in [0.25, 0.3) is 9.05 Å². The van der Waals surface area contributed by atoms with Crippen LogP contribution in [0.15, 0.2) is 21.9 Å². The van der Waals surface area contributed by atoms with Gasteiger partial charge >= 0.3 is 6.36 Å². The van der Waals surface area contributed by atoms with E-state index in [-0.39, 0.29) is 0 Å². The van der Waals surface area contributed by atoms with Gasteiger partial charge in [-0.25, -0.2) is 8.42 Å². The van der Waals surface area contributed by atoms with Crippen LogP contribution in [0, 0.1) is 11.3 Å². The number of ether oxygens (including phenoxy) is 1. The van der Waals surface area contributed by atoms with E-state index in [9.17, 15) is 21.6 Å². The molecular formula is C8H3ClF3NO3S2. The van der Waals surface area contributed by atoms with E-state index in [4.69, 9.17) is 15.9 Å². The van der Waals surface area contributed by atoms with Crippen LogP contribution in [0.1, 0.15) is 5.56 Å². The van der Waals surface area contributed by atoms with E-state index < -0.39 is 36.5 Å². The number of hydrogen-bond donors (Lipinski definition) is 1. The highest BCUT2D eigenvalue weighted by atomic mass is 35.7. The van der Waals surface area contributed by atoms with E-state index in [1.807, 2.05) is 0 Å². The van der Waals surface area contributed by atoms with Crippen LogP contribution in [-0.2, 0) is 9.05 Å². The van der Waals surface area contributed by atoms with Gasteiger partial charge in [0.1, 0.15) is 6.07 Å². The highest BCUT2D eigenvalue weighted by molar-refractivity contribution is 8.14. The number of halogens is 4. The minimum Gasteiger partial charge on any atom is -0.403 e. The number of alkyl halides is 3. The molecule has 0 aliphatic carbocycles. The van der Waals surface area contributed by atoms with Crippen molar-refractivity contribution in [3.05, 3.63) is 17.7 Å². The second-order valence-electron chi connectivity index (χ2n) is 2.89. The van der Waals surface area contributed by atoms with Crippen LogP contribution in [0.25, 0.3) is 0 Å². The van der Waals surface area contributed by atoms with E-state index in [1.54, 1.807) is 0 Å². The van der Waals surface area contributed by atoms with Gasteiger partial charge in [0, 0.05) is 10.7 Å². The molecule has 4 nitrogen and oxygen atoms in total. The van der Waals surface area contributed by atoms with Gasteiger partial charge in [0.05, 0.1) is 15.4 Å². The van der Waals surface area contributed by atoms with Crippen molar-refractivity contribution in [2.24, 2.45) is 0 Å². The quantitative estimate of drug-likeness (QED) is 0.672. The molecule has 0 heterocycles. The Morgan fingerprint density at radius 1 is 1.39 bits per heavy atom. The predicted octanol–water partition coefficient (Wildman–Crippen LogP) is 2.67. The van der Waals surface area contributed by atoms with Crippen molar-refractivity contribution in [2.45, 2.75) is 16.2 Å². The molecule has 0 spiro atoms. The lowest BCUT2D eigenvalue weighted by Gasteiger charge is -2.13. The lowest BCUT2D eigenvalue weighted by molar-refractivity contribution is -0.275. The smallest absolute Gasteiger partial charge is 0.403 e. The van der Waals surface area contributed by atoms with Crippen molar-refractivity contribution in [3.63, 3.8) is 0 Å². The van der Waals surface area contributed by atoms with Gasteiger partial charge in [0.15, 0.2) is 5.75 Å². The van der Waals surface area contributed by atoms with Crippen LogP contribution in [0.3, 0.4) is 0 Å². The fourth-order valence-electron chi connectivity index (χ4n) is 1.06. The number of benzene rings is 1. The first-order valence-corrected chi connectivity index (χ1v) is 6.78. The zero-order valence-corrected chi connectivity index (χ0v) is 10.7. The Balaban J connectivity index is 3.53. The molecule has 18 heavy (non-hydrogen) atoms. The van der Waals surface area contributed by atoms with Crippen LogP contribution >= 0.6 is 23.3 Å². The van der Waals surface area contributed by atoms with Crippen molar-refractivity contribution in [1.29, 1.82) is 5.26 Å². The molecule has 0 aliphatic heterocycles. The Morgan fingerprint density at radius 2 is 1.94 bits per heavy atom. The summed E-state index contributed by atoms with van der Waals surface area (Å²) in [5, 5.41) is 8.62. The van der Waals surface area contributed by atoms with Gasteiger partial charge in [-0.15, -0.1) is 25.8 Å². The van der Waals surface area contributed by atoms with Crippen molar-refractivity contribution in [3.8, 4) is 11.8 Å². The molecule has 0 saturated carbocycles. The topological polar surface area (TPSA) is 67.2 Å². The van der Waals surface area contributed by atoms with Crippen molar-refractivity contribution < 1.29 is 26.3 Å². The zero-order valence-electron chi connectivity index (χ0n) is 8.19. The third-order valence-corrected chi connectivity index (χ3v) is 3.65. The fraction of sp³-hybridized carbons (Fsp3) is 0.125. The average molecular weight is 318 g/mol. The van der Waals surface area contributed by atoms with E-state index >= 15 is 0 Å². The van der Waals surface area contributed by atoms with Crippen molar-refractivity contribution in [1.82, 2.24) is 0 Å². The minimum atomic E-state index is -5.09. The molecule has 98 valence electrons. The monoisotopic (exact) mass is 317 g/mol. The number of hydrogen-bond acceptors (Lipinski definition) is 5. The molecule has 1 aromatic carbocycles. The molecule has 0 aromatic heterocycles. The van der Waals surface area contributed by atoms with Gasteiger partial charge in [-0.1, -0.05) is 0 Å². The van der Waals surface area contributed by atoms with Gasteiger partial charge in [-0.2, -0.15) is 5.26 Å². The summed E-state index contributed by atoms with van der Waals surface area (Å²) in [4.78, 5) is -1.35. The summed E-state index contributed by atoms with van der Waals surface area (Å²) in [6.07, 6.45) is -5.09. The average Bonchev–Trinajstić information content (AvgIpc) is 2.17. The van der Waals surface area contributed by atoms with Crippen molar-refractivity contribution >= 4 is 32.4 Å². The Morgan fingerprint density at radius 3 is 2.33 bits per heavy atom. The molecule has 1 aromatic rings. The second kappa shape index (κ2) is 4.87. The highest BCUT2D eigenvalue weighted by Crippen LogP contribution is 2.37. The normalized spacial score (nSPS) is 12.0. The number of thiol groups is 1. The Labute approximate surface area is 110 Å². The number of nitriles is 1. The summed E-state index contributed by atoms with van der Waals surface area (Å²) in [5.41, 5.74) is -0.513. The molecule has 0 N–H and O–H groups in total. The molecule has 0 unspecified atom stereocenters. The maximum absolute atomic E-state index is 12.1. The summed E-state index contributed by atoms with van der Waals surface area (Å²) in [7, 11) is 0.709. The molecule has 0 fully saturated rings. The standard InChI is InChI=1S/C8H3ClF3NO3S2/c9-18(14,15)5-2-1-4(3-13)6(7(5)17)16-8(10,11)12/h1-2,17H. The van der Waals surface area contributed by atoms with E-state index in [2.05, 4.69) is 17.4 Å². The summed E-state index contributed by atoms with van der Waals surface area (Å²) < 4.78 is 62.1. The molecule has 1 rings (SSSR count). The Hall–Kier alpha value is -1.11. The van der Waals surface area contributed by atoms with Crippen LogP contribution in [0.2, 0.25) is 0 Å². The molecular weight excluding hydrogens is 315 g/mol. The molecule has 0 amide bonds. The van der Waals surface area contributed by atoms with E-state index in [1.165, 1.54) is 6.07 Å². The largest absolute Gasteiger partial charge is 0.573 e. The maximum Gasteiger partial charge on any atom is 0.573 e. The fourth-order valence-corrected chi connectivity index (χ4v) is 2.76. The van der Waals surface area contributed by atoms with E-state index in [0.717, 1.165) is 12.1 Å². The third kappa shape index (κ3) is 3.44. The molecule has 0 aliphatic rings. The zero-order chi connectivity index (χ0) is 14.1.